The highest BCUT2D eigenvalue weighted by molar-refractivity contribution is 8.02. The molecular weight excluding hydrogens is 659 g/mol. The van der Waals surface area contributed by atoms with Gasteiger partial charge in [-0.15, -0.1) is 33.3 Å². The number of fused-ring (bicyclic) bond motifs is 2. The maximum atomic E-state index is 6.50. The van der Waals surface area contributed by atoms with E-state index in [-0.39, 0.29) is 10.8 Å². The molecule has 0 spiro atoms. The number of hydrogen-bond donors (Lipinski definition) is 0. The van der Waals surface area contributed by atoms with Crippen LogP contribution >= 0.6 is 46.3 Å². The lowest BCUT2D eigenvalue weighted by molar-refractivity contribution is -0.437. The molecule has 47 heavy (non-hydrogen) atoms. The minimum absolute atomic E-state index is 0.139. The molecule has 0 saturated heterocycles. The van der Waals surface area contributed by atoms with E-state index in [1.54, 1.807) is 11.3 Å². The Labute approximate surface area is 299 Å². The molecule has 1 aliphatic carbocycles. The minimum Gasteiger partial charge on any atom is -0.344 e. The number of hydrogen-bond acceptors (Lipinski definition) is 5. The van der Waals surface area contributed by atoms with E-state index in [4.69, 9.17) is 23.2 Å². The third kappa shape index (κ3) is 6.56. The molecule has 3 heterocycles. The first-order valence-electron chi connectivity index (χ1n) is 16.7. The van der Waals surface area contributed by atoms with Gasteiger partial charge in [0.25, 0.3) is 0 Å². The number of aromatic nitrogens is 2. The van der Waals surface area contributed by atoms with Crippen molar-refractivity contribution in [3.05, 3.63) is 114 Å². The normalized spacial score (nSPS) is 20.1. The van der Waals surface area contributed by atoms with E-state index in [0.29, 0.717) is 0 Å². The summed E-state index contributed by atoms with van der Waals surface area (Å²) >= 11 is 16.6. The van der Waals surface area contributed by atoms with Crippen LogP contribution in [0.1, 0.15) is 88.4 Å². The smallest absolute Gasteiger partial charge is 0.209 e. The van der Waals surface area contributed by atoms with Gasteiger partial charge in [0.15, 0.2) is 5.71 Å². The van der Waals surface area contributed by atoms with Crippen LogP contribution in [0.3, 0.4) is 0 Å². The van der Waals surface area contributed by atoms with Crippen LogP contribution in [-0.2, 0) is 16.6 Å². The van der Waals surface area contributed by atoms with Crippen molar-refractivity contribution < 1.29 is 4.58 Å². The van der Waals surface area contributed by atoms with Gasteiger partial charge >= 0.3 is 0 Å². The quantitative estimate of drug-likeness (QED) is 0.197. The zero-order chi connectivity index (χ0) is 33.5. The van der Waals surface area contributed by atoms with Gasteiger partial charge in [-0.05, 0) is 93.2 Å². The molecular formula is C39H45Cl2N4S2+. The molecule has 0 saturated carbocycles. The van der Waals surface area contributed by atoms with Gasteiger partial charge in [0.2, 0.25) is 5.69 Å². The van der Waals surface area contributed by atoms with Gasteiger partial charge in [0, 0.05) is 62.4 Å². The van der Waals surface area contributed by atoms with Crippen LogP contribution in [0.2, 0.25) is 10.0 Å². The SMILES string of the molecule is CCCN1/C(=C/C=C2\CCC(/C=C/C3=[N+](CCC)c4ccc(Cl)cc4C3(C)C)=C2SCc2nnc(C)s2)C(C)(C)c2cc(Cl)ccc21. The Bertz CT molecular complexity index is 1860. The molecule has 8 heteroatoms. The van der Waals surface area contributed by atoms with Crippen molar-refractivity contribution in [2.45, 2.75) is 90.7 Å². The van der Waals surface area contributed by atoms with E-state index >= 15 is 0 Å². The Kier molecular flexibility index (Phi) is 9.98. The van der Waals surface area contributed by atoms with E-state index < -0.39 is 0 Å². The molecule has 2 aliphatic heterocycles. The van der Waals surface area contributed by atoms with Gasteiger partial charge in [-0.25, -0.2) is 0 Å². The second-order valence-corrected chi connectivity index (χ2v) is 16.8. The Morgan fingerprint density at radius 2 is 1.66 bits per heavy atom. The summed E-state index contributed by atoms with van der Waals surface area (Å²) in [4.78, 5) is 3.85. The lowest BCUT2D eigenvalue weighted by Crippen LogP contribution is -2.27. The summed E-state index contributed by atoms with van der Waals surface area (Å²) < 4.78 is 2.49. The molecule has 0 atom stereocenters. The van der Waals surface area contributed by atoms with Crippen LogP contribution in [0.4, 0.5) is 11.4 Å². The van der Waals surface area contributed by atoms with Gasteiger partial charge in [0.1, 0.15) is 16.6 Å². The molecule has 3 aliphatic rings. The number of anilines is 1. The fraction of sp³-hybridized carbons (Fsp3) is 0.410. The van der Waals surface area contributed by atoms with Gasteiger partial charge in [-0.3, -0.25) is 0 Å². The summed E-state index contributed by atoms with van der Waals surface area (Å²) in [6.45, 7) is 17.8. The van der Waals surface area contributed by atoms with Gasteiger partial charge in [-0.1, -0.05) is 63.0 Å². The Morgan fingerprint density at radius 1 is 0.915 bits per heavy atom. The van der Waals surface area contributed by atoms with Crippen molar-refractivity contribution >= 4 is 63.4 Å². The number of benzene rings is 2. The zero-order valence-corrected chi connectivity index (χ0v) is 31.7. The van der Waals surface area contributed by atoms with Crippen molar-refractivity contribution in [1.29, 1.82) is 0 Å². The first-order chi connectivity index (χ1) is 22.4. The standard InChI is InChI=1S/C39H45Cl2N4S2/c1-8-20-44-32-16-14-28(40)22-30(32)38(4,5)34(44)18-12-26-10-11-27(37(26)46-24-36-43-42-25(3)47-36)13-19-35-39(6,7)31-23-29(41)15-17-33(31)45(35)21-9-2/h12-19,22-23H,8-11,20-21,24H2,1-7H3/q+1. The molecule has 0 fully saturated rings. The number of allylic oxidation sites excluding steroid dienone is 7. The van der Waals surface area contributed by atoms with E-state index in [2.05, 4.69) is 110 Å². The van der Waals surface area contributed by atoms with E-state index in [9.17, 15) is 0 Å². The topological polar surface area (TPSA) is 32.0 Å². The van der Waals surface area contributed by atoms with Crippen molar-refractivity contribution in [2.75, 3.05) is 18.0 Å². The number of halogens is 2. The average molecular weight is 705 g/mol. The third-order valence-electron chi connectivity index (χ3n) is 9.64. The molecule has 1 aromatic heterocycles. The van der Waals surface area contributed by atoms with E-state index in [0.717, 1.165) is 64.6 Å². The second-order valence-electron chi connectivity index (χ2n) is 13.7. The fourth-order valence-corrected chi connectivity index (χ4v) is 9.62. The van der Waals surface area contributed by atoms with Crippen LogP contribution in [0.25, 0.3) is 0 Å². The number of aryl methyl sites for hydroxylation is 1. The van der Waals surface area contributed by atoms with Gasteiger partial charge in [0.05, 0.1) is 11.2 Å². The lowest BCUT2D eigenvalue weighted by atomic mass is 9.81. The van der Waals surface area contributed by atoms with Crippen molar-refractivity contribution in [2.24, 2.45) is 0 Å². The molecule has 4 nitrogen and oxygen atoms in total. The van der Waals surface area contributed by atoms with Gasteiger partial charge < -0.3 is 4.90 Å². The third-order valence-corrected chi connectivity index (χ3v) is 12.4. The Hall–Kier alpha value is -2.64. The summed E-state index contributed by atoms with van der Waals surface area (Å²) in [5.41, 5.74) is 10.3. The molecule has 0 amide bonds. The molecule has 0 bridgehead atoms. The van der Waals surface area contributed by atoms with Crippen molar-refractivity contribution in [3.8, 4) is 0 Å². The Morgan fingerprint density at radius 3 is 2.36 bits per heavy atom. The van der Waals surface area contributed by atoms with Crippen LogP contribution in [0.5, 0.6) is 0 Å². The molecule has 0 N–H and O–H groups in total. The summed E-state index contributed by atoms with van der Waals surface area (Å²) in [5.74, 6) is 0.817. The van der Waals surface area contributed by atoms with Crippen LogP contribution < -0.4 is 4.90 Å². The highest BCUT2D eigenvalue weighted by atomic mass is 35.5. The minimum atomic E-state index is -0.139. The summed E-state index contributed by atoms with van der Waals surface area (Å²) in [5, 5.41) is 12.4. The number of nitrogens with zero attached hydrogens (tertiary/aromatic N) is 4. The van der Waals surface area contributed by atoms with Gasteiger partial charge in [-0.2, -0.15) is 4.58 Å². The predicted molar refractivity (Wildman–Crippen MR) is 204 cm³/mol. The summed E-state index contributed by atoms with van der Waals surface area (Å²) in [7, 11) is 0. The van der Waals surface area contributed by atoms with Crippen molar-refractivity contribution in [3.63, 3.8) is 0 Å². The predicted octanol–water partition coefficient (Wildman–Crippen LogP) is 11.5. The zero-order valence-electron chi connectivity index (χ0n) is 28.6. The fourth-order valence-electron chi connectivity index (χ4n) is 7.32. The molecule has 6 rings (SSSR count). The van der Waals surface area contributed by atoms with Crippen molar-refractivity contribution in [1.82, 2.24) is 10.2 Å². The summed E-state index contributed by atoms with van der Waals surface area (Å²) in [6, 6.07) is 12.7. The van der Waals surface area contributed by atoms with Crippen LogP contribution in [0.15, 0.2) is 82.5 Å². The van der Waals surface area contributed by atoms with E-state index in [1.165, 1.54) is 50.0 Å². The average Bonchev–Trinajstić information content (AvgIpc) is 3.72. The van der Waals surface area contributed by atoms with Crippen LogP contribution in [0, 0.1) is 6.92 Å². The summed E-state index contributed by atoms with van der Waals surface area (Å²) in [6.07, 6.45) is 13.7. The Balaban J connectivity index is 1.40. The highest BCUT2D eigenvalue weighted by Gasteiger charge is 2.44. The van der Waals surface area contributed by atoms with Crippen LogP contribution in [-0.4, -0.2) is 33.6 Å². The number of rotatable bonds is 10. The van der Waals surface area contributed by atoms with E-state index in [1.807, 2.05) is 30.8 Å². The largest absolute Gasteiger partial charge is 0.344 e. The molecule has 0 radical (unpaired) electrons. The molecule has 0 unspecified atom stereocenters. The molecule has 3 aromatic rings. The maximum absolute atomic E-state index is 6.50. The monoisotopic (exact) mass is 703 g/mol. The highest BCUT2D eigenvalue weighted by Crippen LogP contribution is 2.49. The second kappa shape index (κ2) is 13.7. The first kappa shape index (κ1) is 34.2. The number of thioether (sulfide) groups is 1. The molecule has 246 valence electrons. The lowest BCUT2D eigenvalue weighted by Gasteiger charge is -2.26. The first-order valence-corrected chi connectivity index (χ1v) is 19.3. The maximum Gasteiger partial charge on any atom is 0.209 e. The molecule has 2 aromatic carbocycles.